The van der Waals surface area contributed by atoms with Gasteiger partial charge in [0.1, 0.15) is 12.4 Å². The van der Waals surface area contributed by atoms with Gasteiger partial charge in [-0.1, -0.05) is 12.1 Å². The van der Waals surface area contributed by atoms with E-state index in [9.17, 15) is 9.59 Å². The molecule has 0 saturated carbocycles. The Balaban J connectivity index is 1.67. The number of H-pyrrole nitrogens is 1. The first kappa shape index (κ1) is 16.5. The Hall–Kier alpha value is -3.36. The molecule has 1 aromatic carbocycles. The van der Waals surface area contributed by atoms with Crippen LogP contribution in [0.2, 0.25) is 0 Å². The van der Waals surface area contributed by atoms with Crippen molar-refractivity contribution in [2.45, 2.75) is 20.1 Å². The van der Waals surface area contributed by atoms with Crippen molar-refractivity contribution in [2.24, 2.45) is 0 Å². The van der Waals surface area contributed by atoms with Gasteiger partial charge >= 0.3 is 6.09 Å². The number of carbonyl (C=O) groups is 1. The lowest BCUT2D eigenvalue weighted by Crippen LogP contribution is -2.19. The molecule has 1 amide bonds. The average Bonchev–Trinajstić information content (AvgIpc) is 3.04. The number of anilines is 1. The number of amides is 1. The van der Waals surface area contributed by atoms with Crippen LogP contribution in [-0.2, 0) is 17.9 Å². The Labute approximate surface area is 142 Å². The predicted molar refractivity (Wildman–Crippen MR) is 90.6 cm³/mol. The minimum absolute atomic E-state index is 0.00688. The molecule has 2 N–H and O–H groups in total. The number of hydrogen-bond donors (Lipinski definition) is 2. The maximum Gasteiger partial charge on any atom is 0.414 e. The SMILES string of the molecule is CCn1cnc2c(=O)[nH]c(NC(=O)OCc3ccc(OC)cc3)nc21. The van der Waals surface area contributed by atoms with Gasteiger partial charge in [-0.25, -0.2) is 9.78 Å². The number of benzene rings is 1. The molecule has 0 unspecified atom stereocenters. The van der Waals surface area contributed by atoms with Crippen molar-refractivity contribution in [1.29, 1.82) is 0 Å². The lowest BCUT2D eigenvalue weighted by atomic mass is 10.2. The van der Waals surface area contributed by atoms with Gasteiger partial charge in [0.2, 0.25) is 5.95 Å². The fourth-order valence-electron chi connectivity index (χ4n) is 2.25. The Morgan fingerprint density at radius 1 is 1.32 bits per heavy atom. The summed E-state index contributed by atoms with van der Waals surface area (Å²) in [5, 5.41) is 2.42. The average molecular weight is 343 g/mol. The molecule has 3 rings (SSSR count). The molecule has 0 bridgehead atoms. The lowest BCUT2D eigenvalue weighted by Gasteiger charge is -2.07. The number of aromatic amines is 1. The number of methoxy groups -OCH3 is 1. The molecule has 0 fully saturated rings. The van der Waals surface area contributed by atoms with Gasteiger partial charge in [-0.05, 0) is 24.6 Å². The fourth-order valence-corrected chi connectivity index (χ4v) is 2.25. The summed E-state index contributed by atoms with van der Waals surface area (Å²) in [7, 11) is 1.58. The van der Waals surface area contributed by atoms with Crippen molar-refractivity contribution < 1.29 is 14.3 Å². The highest BCUT2D eigenvalue weighted by atomic mass is 16.5. The molecule has 0 radical (unpaired) electrons. The first-order valence-corrected chi connectivity index (χ1v) is 7.62. The van der Waals surface area contributed by atoms with Crippen molar-refractivity contribution in [3.05, 3.63) is 46.5 Å². The summed E-state index contributed by atoms with van der Waals surface area (Å²) in [5.74, 6) is 0.725. The zero-order valence-electron chi connectivity index (χ0n) is 13.8. The third kappa shape index (κ3) is 3.60. The Morgan fingerprint density at radius 3 is 2.76 bits per heavy atom. The van der Waals surface area contributed by atoms with Gasteiger partial charge in [-0.3, -0.25) is 15.1 Å². The maximum absolute atomic E-state index is 12.0. The van der Waals surface area contributed by atoms with Gasteiger partial charge < -0.3 is 14.0 Å². The second-order valence-electron chi connectivity index (χ2n) is 5.17. The Kier molecular flexibility index (Phi) is 4.64. The van der Waals surface area contributed by atoms with Crippen molar-refractivity contribution >= 4 is 23.2 Å². The normalized spacial score (nSPS) is 10.6. The molecule has 9 nitrogen and oxygen atoms in total. The topological polar surface area (TPSA) is 111 Å². The quantitative estimate of drug-likeness (QED) is 0.732. The summed E-state index contributed by atoms with van der Waals surface area (Å²) < 4.78 is 11.9. The molecule has 0 atom stereocenters. The van der Waals surface area contributed by atoms with Crippen LogP contribution >= 0.6 is 0 Å². The van der Waals surface area contributed by atoms with Gasteiger partial charge in [-0.15, -0.1) is 0 Å². The fraction of sp³-hybridized carbons (Fsp3) is 0.250. The third-order valence-electron chi connectivity index (χ3n) is 3.56. The molecule has 25 heavy (non-hydrogen) atoms. The molecular weight excluding hydrogens is 326 g/mol. The van der Waals surface area contributed by atoms with Gasteiger partial charge in [-0.2, -0.15) is 4.98 Å². The van der Waals surface area contributed by atoms with E-state index in [0.29, 0.717) is 12.2 Å². The van der Waals surface area contributed by atoms with Crippen molar-refractivity contribution in [1.82, 2.24) is 19.5 Å². The molecule has 2 heterocycles. The molecule has 0 aliphatic heterocycles. The van der Waals surface area contributed by atoms with Gasteiger partial charge in [0.15, 0.2) is 11.2 Å². The maximum atomic E-state index is 12.0. The molecule has 130 valence electrons. The molecule has 0 saturated heterocycles. The van der Waals surface area contributed by atoms with Crippen LogP contribution in [-0.4, -0.2) is 32.7 Å². The summed E-state index contributed by atoms with van der Waals surface area (Å²) in [6.45, 7) is 2.59. The van der Waals surface area contributed by atoms with Crippen LogP contribution in [0.1, 0.15) is 12.5 Å². The lowest BCUT2D eigenvalue weighted by molar-refractivity contribution is 0.155. The van der Waals surface area contributed by atoms with E-state index in [4.69, 9.17) is 9.47 Å². The highest BCUT2D eigenvalue weighted by Gasteiger charge is 2.12. The van der Waals surface area contributed by atoms with E-state index in [1.807, 2.05) is 6.92 Å². The Morgan fingerprint density at radius 2 is 2.08 bits per heavy atom. The summed E-state index contributed by atoms with van der Waals surface area (Å²) in [5.41, 5.74) is 0.996. The van der Waals surface area contributed by atoms with E-state index in [1.165, 1.54) is 6.33 Å². The molecule has 3 aromatic rings. The zero-order chi connectivity index (χ0) is 17.8. The van der Waals surface area contributed by atoms with Crippen LogP contribution in [0.4, 0.5) is 10.7 Å². The number of fused-ring (bicyclic) bond motifs is 1. The molecule has 0 spiro atoms. The van der Waals surface area contributed by atoms with Gasteiger partial charge in [0.25, 0.3) is 5.56 Å². The van der Waals surface area contributed by atoms with E-state index in [2.05, 4.69) is 20.3 Å². The smallest absolute Gasteiger partial charge is 0.414 e. The number of imidazole rings is 1. The number of ether oxygens (including phenoxy) is 2. The summed E-state index contributed by atoms with van der Waals surface area (Å²) in [6.07, 6.45) is 0.805. The largest absolute Gasteiger partial charge is 0.497 e. The third-order valence-corrected chi connectivity index (χ3v) is 3.56. The predicted octanol–water partition coefficient (Wildman–Crippen LogP) is 1.90. The number of hydrogen-bond acceptors (Lipinski definition) is 6. The van der Waals surface area contributed by atoms with Gasteiger partial charge in [0.05, 0.1) is 13.4 Å². The van der Waals surface area contributed by atoms with E-state index >= 15 is 0 Å². The highest BCUT2D eigenvalue weighted by Crippen LogP contribution is 2.12. The van der Waals surface area contributed by atoms with Crippen LogP contribution < -0.4 is 15.6 Å². The second-order valence-corrected chi connectivity index (χ2v) is 5.17. The molecule has 0 aliphatic carbocycles. The van der Waals surface area contributed by atoms with Crippen LogP contribution in [0.5, 0.6) is 5.75 Å². The van der Waals surface area contributed by atoms with Crippen LogP contribution in [0, 0.1) is 0 Å². The van der Waals surface area contributed by atoms with Crippen LogP contribution in [0.15, 0.2) is 35.4 Å². The van der Waals surface area contributed by atoms with Gasteiger partial charge in [0, 0.05) is 6.54 Å². The molecule has 0 aliphatic rings. The summed E-state index contributed by atoms with van der Waals surface area (Å²) in [6, 6.07) is 7.13. The number of carbonyl (C=O) groups excluding carboxylic acids is 1. The standard InChI is InChI=1S/C16H17N5O4/c1-3-21-9-17-12-13(21)18-15(19-14(12)22)20-16(23)25-8-10-4-6-11(24-2)7-5-10/h4-7,9H,3,8H2,1-2H3,(H2,18,19,20,22,23). The number of aromatic nitrogens is 4. The van der Waals surface area contributed by atoms with Crippen LogP contribution in [0.25, 0.3) is 11.2 Å². The van der Waals surface area contributed by atoms with Crippen molar-refractivity contribution in [2.75, 3.05) is 12.4 Å². The van der Waals surface area contributed by atoms with E-state index in [0.717, 1.165) is 11.3 Å². The number of rotatable bonds is 5. The van der Waals surface area contributed by atoms with E-state index in [1.54, 1.807) is 35.9 Å². The minimum atomic E-state index is -0.721. The number of nitrogens with zero attached hydrogens (tertiary/aromatic N) is 3. The highest BCUT2D eigenvalue weighted by molar-refractivity contribution is 5.83. The summed E-state index contributed by atoms with van der Waals surface area (Å²) in [4.78, 5) is 34.5. The minimum Gasteiger partial charge on any atom is -0.497 e. The van der Waals surface area contributed by atoms with Crippen molar-refractivity contribution in [3.63, 3.8) is 0 Å². The number of nitrogens with one attached hydrogen (secondary N) is 2. The summed E-state index contributed by atoms with van der Waals surface area (Å²) >= 11 is 0. The van der Waals surface area contributed by atoms with Crippen molar-refractivity contribution in [3.8, 4) is 5.75 Å². The molecule has 2 aromatic heterocycles. The zero-order valence-corrected chi connectivity index (χ0v) is 13.8. The first-order chi connectivity index (χ1) is 12.1. The second kappa shape index (κ2) is 7.04. The molecule has 9 heteroatoms. The van der Waals surface area contributed by atoms with Crippen LogP contribution in [0.3, 0.4) is 0 Å². The van der Waals surface area contributed by atoms with E-state index < -0.39 is 11.7 Å². The number of aryl methyl sites for hydroxylation is 1. The molecular formula is C16H17N5O4. The van der Waals surface area contributed by atoms with E-state index in [-0.39, 0.29) is 18.1 Å². The Bertz CT molecular complexity index is 945. The first-order valence-electron chi connectivity index (χ1n) is 7.62. The monoisotopic (exact) mass is 343 g/mol.